The number of ether oxygens (including phenoxy) is 6. The zero-order valence-electron chi connectivity index (χ0n) is 71.1. The third kappa shape index (κ3) is 43.5. The van der Waals surface area contributed by atoms with Crippen LogP contribution in [0.3, 0.4) is 0 Å². The Kier molecular flexibility index (Phi) is 55.1. The summed E-state index contributed by atoms with van der Waals surface area (Å²) in [4.78, 5) is 103. The van der Waals surface area contributed by atoms with Gasteiger partial charge in [-0.3, -0.25) is 24.5 Å². The van der Waals surface area contributed by atoms with E-state index in [2.05, 4.69) is 248 Å². The summed E-state index contributed by atoms with van der Waals surface area (Å²) in [5.74, 6) is -2.08. The number of alkyl halides is 1. The van der Waals surface area contributed by atoms with Crippen molar-refractivity contribution in [2.45, 2.75) is 106 Å². The van der Waals surface area contributed by atoms with Crippen LogP contribution in [0, 0.1) is 0 Å². The van der Waals surface area contributed by atoms with Gasteiger partial charge in [-0.05, 0) is 119 Å². The Morgan fingerprint density at radius 1 is 0.392 bits per heavy atom. The first kappa shape index (κ1) is 110. The first-order valence-electron chi connectivity index (χ1n) is 38.5. The second kappa shape index (κ2) is 62.7. The third-order valence-corrected chi connectivity index (χ3v) is 24.8. The van der Waals surface area contributed by atoms with Gasteiger partial charge >= 0.3 is 251 Å². The molecule has 4 radical (unpaired) electrons. The molecule has 0 fully saturated rings. The molecule has 0 aliphatic carbocycles. The van der Waals surface area contributed by atoms with E-state index in [0.717, 1.165) is 43.1 Å². The number of fused-ring (bicyclic) bond motifs is 2. The van der Waals surface area contributed by atoms with E-state index < -0.39 is 106 Å². The van der Waals surface area contributed by atoms with Crippen molar-refractivity contribution < 1.29 is 73.1 Å². The van der Waals surface area contributed by atoms with Crippen LogP contribution in [-0.4, -0.2) is 143 Å². The van der Waals surface area contributed by atoms with Crippen molar-refractivity contribution >= 4 is 231 Å². The minimum atomic E-state index is -0.543. The first-order chi connectivity index (χ1) is 59.6. The molecular formula is C96H103Cl6N5O12P2PdSn3. The largest absolute Gasteiger partial charge is 0.0622 e. The standard InChI is InChI=1S/C20H17ClN2O4.2C18H15P.C11H12NO4.C10H7Cl2N.C10H10ClNO4.C2H5.CH4.6CH3.2ClH.Pd.3Sn/c1-12(24)27-11-18-9-15(20(25)26-2)8-17(23-18)6-13-3-4-19-14(5-13)7-16(21)10-22-19;2*1-4-10-16(11-5-1)19(17-12-6-2-7-13-17)18-14-8-3-9-15-18;1-7-4-9(11(14)15-3)5-10(12-7)6-16-8(2)13;11-5-7-1-2-10-8(3-7)4-9(12)6-13-10;1-6(13)16-5-8-3-7(10(14)15-2)4-9(11)12-8;1-2;;;;;;;;;;;;;/h3-5,7-10H,6,11H2,1-2H3;2*1-15H;4-5H,1,6H2,2-3H3;1-4,6H,5H2;3-4H,5H2,1-2H3;1H2,2H3;1H4;6*1H3;2*1H;;;;/q;;;;;;;;;;;;;;;;+2;;;/p-2. The Labute approximate surface area is 798 Å². The maximum absolute atomic E-state index is 11.9. The number of nitrogens with zero attached hydrogens (tertiary/aromatic N) is 5. The topological polar surface area (TPSA) is 222 Å². The fourth-order valence-electron chi connectivity index (χ4n) is 10.8. The second-order valence-corrected chi connectivity index (χ2v) is 57.3. The van der Waals surface area contributed by atoms with Gasteiger partial charge in [-0.2, -0.15) is 0 Å². The number of esters is 6. The molecule has 8 aromatic carbocycles. The summed E-state index contributed by atoms with van der Waals surface area (Å²) < 4.78 is 30.9. The predicted octanol–water partition coefficient (Wildman–Crippen LogP) is 22.2. The minimum absolute atomic E-state index is 0. The van der Waals surface area contributed by atoms with E-state index in [-0.39, 0.29) is 59.9 Å². The van der Waals surface area contributed by atoms with Crippen LogP contribution in [0.2, 0.25) is 49.3 Å². The van der Waals surface area contributed by atoms with Crippen molar-refractivity contribution in [1.82, 2.24) is 24.9 Å². The van der Waals surface area contributed by atoms with Crippen molar-refractivity contribution in [3.05, 3.63) is 351 Å². The maximum Gasteiger partial charge on any atom is -0.0134 e. The second-order valence-electron chi connectivity index (χ2n) is 27.3. The van der Waals surface area contributed by atoms with Crippen LogP contribution in [0.25, 0.3) is 21.8 Å². The average molecular weight is 2260 g/mol. The van der Waals surface area contributed by atoms with Gasteiger partial charge in [0.05, 0.1) is 57.8 Å². The third-order valence-electron chi connectivity index (χ3n) is 15.8. The molecule has 5 heterocycles. The number of benzene rings is 8. The minimum Gasteiger partial charge on any atom is -0.0622 e. The molecule has 0 saturated heterocycles. The SMILES string of the molecule is C.COC(=O)c1cc(COC(C)=O)nc(Cc2ccc3ncc(Cl)cc3c2)c1.COC(=O)c1cc(Cl)nc(COC(C)=O)c1.C[CH2][Sn][CH2]c1cc(C(=O)OC)cc(COC(C)=O)n1.ClCc1ccc2ncc(Cl)cc2c1.[CH3][Sn]([CH3])[CH3].[CH3][Sn]([CH3])[CH3].[Cl][Pd][Cl].c1ccc(P(c2ccccc2)c2ccccc2)cc1.c1ccc(P(c2ccccc2)c2ccccc2)cc1. The van der Waals surface area contributed by atoms with E-state index in [1.807, 2.05) is 48.5 Å². The van der Waals surface area contributed by atoms with Crippen LogP contribution in [0.1, 0.15) is 106 Å². The zero-order chi connectivity index (χ0) is 90.7. The quantitative estimate of drug-likeness (QED) is 0.0163. The van der Waals surface area contributed by atoms with Crippen LogP contribution in [-0.2, 0) is 95.3 Å². The van der Waals surface area contributed by atoms with Gasteiger partial charge in [-0.1, -0.05) is 236 Å². The van der Waals surface area contributed by atoms with Gasteiger partial charge in [-0.15, -0.1) is 11.6 Å². The molecule has 13 rings (SSSR count). The van der Waals surface area contributed by atoms with E-state index in [1.54, 1.807) is 36.7 Å². The Balaban J connectivity index is 0.000000310. The molecular weight excluding hydrogens is 2150 g/mol. The van der Waals surface area contributed by atoms with Gasteiger partial charge in [0.25, 0.3) is 0 Å². The number of hydrogen-bond acceptors (Lipinski definition) is 17. The van der Waals surface area contributed by atoms with Crippen LogP contribution in [0.5, 0.6) is 0 Å². The fraction of sp³-hybridized carbons (Fsp3) is 0.219. The Morgan fingerprint density at radius 3 is 0.976 bits per heavy atom. The number of pyridine rings is 5. The van der Waals surface area contributed by atoms with E-state index in [0.29, 0.717) is 56.2 Å². The van der Waals surface area contributed by atoms with Crippen molar-refractivity contribution in [1.29, 1.82) is 0 Å². The Morgan fingerprint density at radius 2 is 0.672 bits per heavy atom. The first-order valence-corrected chi connectivity index (χ1v) is 68.1. The molecule has 0 saturated carbocycles. The molecule has 0 aliphatic heterocycles. The summed E-state index contributed by atoms with van der Waals surface area (Å²) in [5.41, 5.74) is 7.95. The molecule has 29 heteroatoms. The normalized spacial score (nSPS) is 10.1. The molecule has 0 amide bonds. The number of rotatable bonds is 21. The molecule has 13 aromatic rings. The molecule has 0 N–H and O–H groups in total. The number of carbonyl (C=O) groups excluding carboxylic acids is 6. The molecule has 0 bridgehead atoms. The molecule has 658 valence electrons. The summed E-state index contributed by atoms with van der Waals surface area (Å²) in [5, 5.41) is 11.7. The van der Waals surface area contributed by atoms with Gasteiger partial charge in [0.2, 0.25) is 0 Å². The summed E-state index contributed by atoms with van der Waals surface area (Å²) in [6.45, 7) is 6.16. The van der Waals surface area contributed by atoms with Crippen molar-refractivity contribution in [3.8, 4) is 0 Å². The molecule has 125 heavy (non-hydrogen) atoms. The molecule has 0 aliphatic rings. The van der Waals surface area contributed by atoms with Gasteiger partial charge in [0, 0.05) is 55.0 Å². The van der Waals surface area contributed by atoms with Gasteiger partial charge < -0.3 is 18.9 Å². The van der Waals surface area contributed by atoms with E-state index in [9.17, 15) is 28.8 Å². The van der Waals surface area contributed by atoms with Crippen LogP contribution in [0.4, 0.5) is 0 Å². The number of hydrogen-bond donors (Lipinski definition) is 0. The van der Waals surface area contributed by atoms with Crippen LogP contribution in [0.15, 0.2) is 279 Å². The van der Waals surface area contributed by atoms with Gasteiger partial charge in [0.1, 0.15) is 18.4 Å². The van der Waals surface area contributed by atoms with E-state index in [1.165, 1.54) is 90.5 Å². The Hall–Kier alpha value is -7.49. The number of carbonyl (C=O) groups is 6. The summed E-state index contributed by atoms with van der Waals surface area (Å²) in [7, 11) is 12.7. The van der Waals surface area contributed by atoms with Gasteiger partial charge in [-0.25, -0.2) is 14.6 Å². The van der Waals surface area contributed by atoms with E-state index in [4.69, 9.17) is 89.1 Å². The van der Waals surface area contributed by atoms with Crippen molar-refractivity contribution in [3.63, 3.8) is 0 Å². The van der Waals surface area contributed by atoms with Crippen molar-refractivity contribution in [2.75, 3.05) is 21.3 Å². The molecule has 0 spiro atoms. The summed E-state index contributed by atoms with van der Waals surface area (Å²) in [6.07, 6.45) is 3.73. The Bertz CT molecular complexity index is 5100. The monoisotopic (exact) mass is 2260 g/mol. The molecule has 0 atom stereocenters. The predicted molar refractivity (Wildman–Crippen MR) is 519 cm³/mol. The zero-order valence-corrected chi connectivity index (χ0v) is 87.6. The molecule has 0 unspecified atom stereocenters. The maximum atomic E-state index is 11.9. The van der Waals surface area contributed by atoms with Gasteiger partial charge in [0.15, 0.2) is 0 Å². The van der Waals surface area contributed by atoms with Crippen LogP contribution >= 0.6 is 81.3 Å². The number of methoxy groups -OCH3 is 3. The summed E-state index contributed by atoms with van der Waals surface area (Å²) in [6, 6.07) is 89.6. The summed E-state index contributed by atoms with van der Waals surface area (Å²) >= 11 is 21.6. The fourth-order valence-corrected chi connectivity index (χ4v) is 18.1. The number of aromatic nitrogens is 5. The van der Waals surface area contributed by atoms with E-state index >= 15 is 0 Å². The van der Waals surface area contributed by atoms with Crippen molar-refractivity contribution in [2.24, 2.45) is 0 Å². The molecule has 5 aromatic heterocycles. The average Bonchev–Trinajstić information content (AvgIpc) is 0.822. The smallest absolute Gasteiger partial charge is 0.0134 e. The molecule has 17 nitrogen and oxygen atoms in total. The van der Waals surface area contributed by atoms with Crippen LogP contribution < -0.4 is 31.8 Å². The number of halogens is 6.